The van der Waals surface area contributed by atoms with E-state index >= 15 is 0 Å². The van der Waals surface area contributed by atoms with E-state index in [2.05, 4.69) is 0 Å². The lowest BCUT2D eigenvalue weighted by atomic mass is 10.0. The van der Waals surface area contributed by atoms with Crippen LogP contribution in [0.4, 0.5) is 0 Å². The quantitative estimate of drug-likeness (QED) is 0.769. The first-order valence-electron chi connectivity index (χ1n) is 5.67. The molecule has 1 heterocycles. The second-order valence-electron chi connectivity index (χ2n) is 4.55. The van der Waals surface area contributed by atoms with Crippen molar-refractivity contribution in [2.45, 2.75) is 45.1 Å². The zero-order valence-corrected chi connectivity index (χ0v) is 10.5. The van der Waals surface area contributed by atoms with Gasteiger partial charge in [-0.3, -0.25) is 0 Å². The normalized spacial score (nSPS) is 28.5. The molecule has 1 aliphatic rings. The summed E-state index contributed by atoms with van der Waals surface area (Å²) >= 11 is 0. The topological polar surface area (TPSA) is 63.4 Å². The Labute approximate surface area is 92.9 Å². The van der Waals surface area contributed by atoms with Crippen molar-refractivity contribution in [3.05, 3.63) is 0 Å². The molecule has 1 saturated heterocycles. The highest BCUT2D eigenvalue weighted by molar-refractivity contribution is 7.89. The van der Waals surface area contributed by atoms with Gasteiger partial charge in [0, 0.05) is 18.6 Å². The Morgan fingerprint density at radius 3 is 2.67 bits per heavy atom. The molecule has 1 atom stereocenters. The van der Waals surface area contributed by atoms with Crippen LogP contribution in [0, 0.1) is 0 Å². The average Bonchev–Trinajstić information content (AvgIpc) is 2.59. The lowest BCUT2D eigenvalue weighted by molar-refractivity contribution is 0.273. The van der Waals surface area contributed by atoms with Crippen molar-refractivity contribution in [3.8, 4) is 0 Å². The first-order valence-corrected chi connectivity index (χ1v) is 7.28. The molecule has 1 rings (SSSR count). The van der Waals surface area contributed by atoms with E-state index < -0.39 is 10.0 Å². The zero-order chi connectivity index (χ0) is 11.5. The third kappa shape index (κ3) is 2.71. The number of hydrogen-bond acceptors (Lipinski definition) is 3. The average molecular weight is 234 g/mol. The predicted molar refractivity (Wildman–Crippen MR) is 62.1 cm³/mol. The van der Waals surface area contributed by atoms with Gasteiger partial charge in [0.1, 0.15) is 0 Å². The monoisotopic (exact) mass is 234 g/mol. The van der Waals surface area contributed by atoms with Crippen LogP contribution in [-0.2, 0) is 10.0 Å². The minimum absolute atomic E-state index is 0.263. The van der Waals surface area contributed by atoms with Crippen molar-refractivity contribution < 1.29 is 8.42 Å². The van der Waals surface area contributed by atoms with Crippen LogP contribution in [0.15, 0.2) is 0 Å². The maximum Gasteiger partial charge on any atom is 0.214 e. The molecule has 0 bridgehead atoms. The van der Waals surface area contributed by atoms with Gasteiger partial charge in [-0.05, 0) is 26.2 Å². The Morgan fingerprint density at radius 1 is 1.47 bits per heavy atom. The highest BCUT2D eigenvalue weighted by atomic mass is 32.2. The van der Waals surface area contributed by atoms with E-state index in [1.54, 1.807) is 4.31 Å². The van der Waals surface area contributed by atoms with Crippen LogP contribution in [0.1, 0.15) is 39.5 Å². The SMILES string of the molecule is CCCCS(=O)(=O)N1CCCC1(C)CN. The minimum Gasteiger partial charge on any atom is -0.329 e. The number of sulfonamides is 1. The van der Waals surface area contributed by atoms with Crippen LogP contribution < -0.4 is 5.73 Å². The maximum atomic E-state index is 12.0. The summed E-state index contributed by atoms with van der Waals surface area (Å²) in [6.07, 6.45) is 3.46. The van der Waals surface area contributed by atoms with Crippen molar-refractivity contribution in [1.82, 2.24) is 4.31 Å². The number of unbranched alkanes of at least 4 members (excludes halogenated alkanes) is 1. The van der Waals surface area contributed by atoms with E-state index in [4.69, 9.17) is 5.73 Å². The molecule has 0 radical (unpaired) electrons. The molecular formula is C10H22N2O2S. The lowest BCUT2D eigenvalue weighted by Crippen LogP contribution is -2.50. The molecule has 2 N–H and O–H groups in total. The molecule has 0 saturated carbocycles. The molecule has 0 aromatic heterocycles. The summed E-state index contributed by atoms with van der Waals surface area (Å²) in [5.41, 5.74) is 5.34. The van der Waals surface area contributed by atoms with Crippen LogP contribution in [-0.4, -0.2) is 37.1 Å². The summed E-state index contributed by atoms with van der Waals surface area (Å²) < 4.78 is 25.7. The van der Waals surface area contributed by atoms with Crippen LogP contribution in [0.25, 0.3) is 0 Å². The van der Waals surface area contributed by atoms with Crippen LogP contribution in [0.2, 0.25) is 0 Å². The molecule has 1 fully saturated rings. The van der Waals surface area contributed by atoms with Gasteiger partial charge < -0.3 is 5.73 Å². The van der Waals surface area contributed by atoms with Crippen LogP contribution in [0.5, 0.6) is 0 Å². The molecule has 0 amide bonds. The zero-order valence-electron chi connectivity index (χ0n) is 9.70. The second kappa shape index (κ2) is 4.80. The lowest BCUT2D eigenvalue weighted by Gasteiger charge is -2.33. The third-order valence-corrected chi connectivity index (χ3v) is 5.31. The molecule has 15 heavy (non-hydrogen) atoms. The van der Waals surface area contributed by atoms with Crippen molar-refractivity contribution in [2.75, 3.05) is 18.8 Å². The highest BCUT2D eigenvalue weighted by Gasteiger charge is 2.42. The van der Waals surface area contributed by atoms with E-state index in [1.165, 1.54) is 0 Å². The van der Waals surface area contributed by atoms with Gasteiger partial charge in [-0.15, -0.1) is 0 Å². The summed E-state index contributed by atoms with van der Waals surface area (Å²) in [6, 6.07) is 0. The molecule has 0 spiro atoms. The number of hydrogen-bond donors (Lipinski definition) is 1. The maximum absolute atomic E-state index is 12.0. The van der Waals surface area contributed by atoms with Gasteiger partial charge in [0.15, 0.2) is 0 Å². The summed E-state index contributed by atoms with van der Waals surface area (Å²) in [4.78, 5) is 0. The van der Waals surface area contributed by atoms with E-state index in [1.807, 2.05) is 13.8 Å². The van der Waals surface area contributed by atoms with E-state index in [0.29, 0.717) is 13.1 Å². The molecule has 0 aromatic rings. The Hall–Kier alpha value is -0.130. The van der Waals surface area contributed by atoms with Crippen molar-refractivity contribution in [2.24, 2.45) is 5.73 Å². The number of nitrogens with zero attached hydrogens (tertiary/aromatic N) is 1. The molecule has 1 unspecified atom stereocenters. The largest absolute Gasteiger partial charge is 0.329 e. The predicted octanol–water partition coefficient (Wildman–Crippen LogP) is 0.929. The number of rotatable bonds is 5. The number of nitrogens with two attached hydrogens (primary N) is 1. The van der Waals surface area contributed by atoms with Crippen molar-refractivity contribution in [1.29, 1.82) is 0 Å². The molecule has 90 valence electrons. The summed E-state index contributed by atoms with van der Waals surface area (Å²) in [5.74, 6) is 0.263. The standard InChI is InChI=1S/C10H22N2O2S/c1-3-4-8-15(13,14)12-7-5-6-10(12,2)9-11/h3-9,11H2,1-2H3. The van der Waals surface area contributed by atoms with Crippen LogP contribution >= 0.6 is 0 Å². The third-order valence-electron chi connectivity index (χ3n) is 3.21. The summed E-state index contributed by atoms with van der Waals surface area (Å²) in [5, 5.41) is 0. The molecular weight excluding hydrogens is 212 g/mol. The second-order valence-corrected chi connectivity index (χ2v) is 6.56. The Balaban J connectivity index is 2.78. The molecule has 4 nitrogen and oxygen atoms in total. The van der Waals surface area contributed by atoms with Gasteiger partial charge in [-0.25, -0.2) is 8.42 Å². The molecule has 5 heteroatoms. The van der Waals surface area contributed by atoms with Gasteiger partial charge in [0.25, 0.3) is 0 Å². The van der Waals surface area contributed by atoms with Crippen molar-refractivity contribution in [3.63, 3.8) is 0 Å². The molecule has 0 aromatic carbocycles. The van der Waals surface area contributed by atoms with Gasteiger partial charge in [0.05, 0.1) is 5.75 Å². The Bertz CT molecular complexity index is 303. The minimum atomic E-state index is -3.09. The first-order chi connectivity index (χ1) is 6.96. The molecule has 0 aliphatic carbocycles. The van der Waals surface area contributed by atoms with Gasteiger partial charge >= 0.3 is 0 Å². The van der Waals surface area contributed by atoms with Crippen molar-refractivity contribution >= 4 is 10.0 Å². The Morgan fingerprint density at radius 2 is 2.13 bits per heavy atom. The summed E-state index contributed by atoms with van der Waals surface area (Å²) in [6.45, 7) is 5.00. The highest BCUT2D eigenvalue weighted by Crippen LogP contribution is 2.31. The van der Waals surface area contributed by atoms with E-state index in [0.717, 1.165) is 25.7 Å². The van der Waals surface area contributed by atoms with Gasteiger partial charge in [0.2, 0.25) is 10.0 Å². The smallest absolute Gasteiger partial charge is 0.214 e. The van der Waals surface area contributed by atoms with E-state index in [9.17, 15) is 8.42 Å². The van der Waals surface area contributed by atoms with Crippen LogP contribution in [0.3, 0.4) is 0 Å². The van der Waals surface area contributed by atoms with Gasteiger partial charge in [-0.1, -0.05) is 13.3 Å². The molecule has 1 aliphatic heterocycles. The van der Waals surface area contributed by atoms with E-state index in [-0.39, 0.29) is 11.3 Å². The van der Waals surface area contributed by atoms with Gasteiger partial charge in [-0.2, -0.15) is 4.31 Å². The Kier molecular flexibility index (Phi) is 4.14. The first kappa shape index (κ1) is 12.9. The fourth-order valence-electron chi connectivity index (χ4n) is 2.11. The fraction of sp³-hybridized carbons (Fsp3) is 1.00. The summed E-state index contributed by atoms with van der Waals surface area (Å²) in [7, 11) is -3.09. The fourth-order valence-corrected chi connectivity index (χ4v) is 4.23.